The summed E-state index contributed by atoms with van der Waals surface area (Å²) in [5.74, 6) is 0.384. The number of piperidine rings is 1. The van der Waals surface area contributed by atoms with E-state index >= 15 is 0 Å². The molecule has 1 atom stereocenters. The summed E-state index contributed by atoms with van der Waals surface area (Å²) in [6, 6.07) is 8.87. The fraction of sp³-hybridized carbons (Fsp3) is 0.433. The Morgan fingerprint density at radius 2 is 1.79 bits per heavy atom. The van der Waals surface area contributed by atoms with E-state index < -0.39 is 17.6 Å². The lowest BCUT2D eigenvalue weighted by molar-refractivity contribution is -0.343. The number of alkyl halides is 3. The Balaban J connectivity index is 1.27. The van der Waals surface area contributed by atoms with Crippen LogP contribution in [0.15, 0.2) is 40.9 Å². The zero-order valence-electron chi connectivity index (χ0n) is 24.4. The predicted molar refractivity (Wildman–Crippen MR) is 156 cm³/mol. The first kappa shape index (κ1) is 30.1. The minimum Gasteiger partial charge on any atom is -0.417 e. The van der Waals surface area contributed by atoms with Gasteiger partial charge in [-0.1, -0.05) is 25.1 Å². The monoisotopic (exact) mass is 598 g/mol. The Labute approximate surface area is 247 Å². The number of piperazine rings is 1. The number of carbonyl (C=O) groups excluding carboxylic acids is 2. The van der Waals surface area contributed by atoms with Gasteiger partial charge < -0.3 is 24.4 Å². The smallest absolute Gasteiger partial charge is 0.417 e. The quantitative estimate of drug-likeness (QED) is 0.236. The van der Waals surface area contributed by atoms with E-state index in [1.54, 1.807) is 21.9 Å². The highest BCUT2D eigenvalue weighted by Gasteiger charge is 2.41. The number of aromatic nitrogens is 2. The van der Waals surface area contributed by atoms with Crippen molar-refractivity contribution in [3.05, 3.63) is 59.1 Å². The minimum absolute atomic E-state index is 0.105. The fourth-order valence-corrected chi connectivity index (χ4v) is 5.46. The molecule has 13 heteroatoms. The molecule has 0 aliphatic carbocycles. The molecule has 0 bridgehead atoms. The number of pyridine rings is 1. The van der Waals surface area contributed by atoms with Crippen molar-refractivity contribution in [3.63, 3.8) is 0 Å². The molecular formula is C30H35F3N7O3+. The van der Waals surface area contributed by atoms with Crippen molar-refractivity contribution < 1.29 is 31.8 Å². The lowest BCUT2D eigenvalue weighted by Crippen LogP contribution is -2.50. The van der Waals surface area contributed by atoms with Gasteiger partial charge in [-0.2, -0.15) is 18.2 Å². The molecule has 5 rings (SSSR count). The molecule has 1 unspecified atom stereocenters. The van der Waals surface area contributed by atoms with Gasteiger partial charge in [-0.3, -0.25) is 0 Å². The molecule has 3 amide bonds. The number of nitrogens with one attached hydrogen (secondary N) is 1. The highest BCUT2D eigenvalue weighted by molar-refractivity contribution is 5.91. The Kier molecular flexibility index (Phi) is 8.69. The van der Waals surface area contributed by atoms with Gasteiger partial charge in [0.25, 0.3) is 6.01 Å². The summed E-state index contributed by atoms with van der Waals surface area (Å²) in [5.41, 5.74) is 1.88. The van der Waals surface area contributed by atoms with Crippen LogP contribution in [0, 0.1) is 19.8 Å². The van der Waals surface area contributed by atoms with Gasteiger partial charge in [0.2, 0.25) is 17.7 Å². The van der Waals surface area contributed by atoms with Crippen molar-refractivity contribution >= 4 is 41.9 Å². The van der Waals surface area contributed by atoms with Gasteiger partial charge in [0, 0.05) is 51.0 Å². The third-order valence-corrected chi connectivity index (χ3v) is 7.84. The van der Waals surface area contributed by atoms with E-state index in [4.69, 9.17) is 4.42 Å². The van der Waals surface area contributed by atoms with Crippen molar-refractivity contribution in [1.29, 1.82) is 0 Å². The van der Waals surface area contributed by atoms with E-state index in [0.717, 1.165) is 40.4 Å². The van der Waals surface area contributed by atoms with Crippen molar-refractivity contribution in [2.75, 3.05) is 54.4 Å². The van der Waals surface area contributed by atoms with Crippen LogP contribution in [0.2, 0.25) is 0 Å². The number of halogens is 3. The van der Waals surface area contributed by atoms with E-state index in [1.807, 2.05) is 43.9 Å². The molecule has 228 valence electrons. The molecule has 43 heavy (non-hydrogen) atoms. The number of para-hydroxylation sites is 1. The molecule has 2 saturated heterocycles. The topological polar surface area (TPSA) is 97.8 Å². The molecule has 0 spiro atoms. The zero-order valence-corrected chi connectivity index (χ0v) is 24.4. The number of rotatable bonds is 6. The Hall–Kier alpha value is -4.42. The lowest BCUT2D eigenvalue weighted by Gasteiger charge is -2.35. The molecule has 2 aliphatic rings. The number of oxazole rings is 1. The van der Waals surface area contributed by atoms with Gasteiger partial charge in [-0.05, 0) is 49.8 Å². The Morgan fingerprint density at radius 3 is 2.40 bits per heavy atom. The van der Waals surface area contributed by atoms with Crippen LogP contribution in [-0.4, -0.2) is 77.4 Å². The van der Waals surface area contributed by atoms with E-state index in [0.29, 0.717) is 57.4 Å². The summed E-state index contributed by atoms with van der Waals surface area (Å²) >= 11 is 0. The second-order valence-electron chi connectivity index (χ2n) is 11.1. The summed E-state index contributed by atoms with van der Waals surface area (Å²) < 4.78 is 48.0. The number of nitrogens with zero attached hydrogens (tertiary/aromatic N) is 6. The third kappa shape index (κ3) is 6.81. The number of amides is 3. The van der Waals surface area contributed by atoms with Gasteiger partial charge in [0.1, 0.15) is 12.0 Å². The third-order valence-electron chi connectivity index (χ3n) is 7.84. The van der Waals surface area contributed by atoms with E-state index in [9.17, 15) is 22.8 Å². The molecular weight excluding hydrogens is 563 g/mol. The first-order valence-corrected chi connectivity index (χ1v) is 14.3. The Morgan fingerprint density at radius 1 is 1.07 bits per heavy atom. The summed E-state index contributed by atoms with van der Waals surface area (Å²) in [4.78, 5) is 38.5. The summed E-state index contributed by atoms with van der Waals surface area (Å²) in [6.45, 7) is 9.09. The number of hydrogen-bond donors (Lipinski definition) is 1. The van der Waals surface area contributed by atoms with E-state index in [-0.39, 0.29) is 17.7 Å². The molecule has 0 saturated carbocycles. The van der Waals surface area contributed by atoms with Gasteiger partial charge in [0.05, 0.1) is 0 Å². The normalized spacial score (nSPS) is 18.1. The molecule has 0 radical (unpaired) electrons. The first-order valence-electron chi connectivity index (χ1n) is 14.3. The lowest BCUT2D eigenvalue weighted by atomic mass is 10.0. The average Bonchev–Trinajstić information content (AvgIpc) is 3.43. The van der Waals surface area contributed by atoms with Crippen molar-refractivity contribution in [2.45, 2.75) is 39.8 Å². The molecule has 1 aromatic carbocycles. The number of carbonyl (C=O) groups is 2. The predicted octanol–water partition coefficient (Wildman–Crippen LogP) is 5.22. The van der Waals surface area contributed by atoms with Crippen LogP contribution < -0.4 is 15.1 Å². The van der Waals surface area contributed by atoms with Gasteiger partial charge in [0.15, 0.2) is 5.69 Å². The summed E-state index contributed by atoms with van der Waals surface area (Å²) in [7, 11) is 0. The molecule has 1 N–H and O–H groups in total. The maximum absolute atomic E-state index is 13.8. The number of urea groups is 1. The van der Waals surface area contributed by atoms with Crippen molar-refractivity contribution in [1.82, 2.24) is 14.9 Å². The molecule has 4 heterocycles. The van der Waals surface area contributed by atoms with Crippen molar-refractivity contribution in [2.24, 2.45) is 5.92 Å². The summed E-state index contributed by atoms with van der Waals surface area (Å²) in [5, 5.41) is 3.01. The highest BCUT2D eigenvalue weighted by Crippen LogP contribution is 2.34. The number of hydrogen-bond acceptors (Lipinski definition) is 7. The number of anilines is 3. The van der Waals surface area contributed by atoms with Crippen LogP contribution >= 0.6 is 0 Å². The molecule has 2 aromatic heterocycles. The SMILES string of the molecule is Cc1cccc(C)c1NC(=O)N1CCN(c2ccc([N+](C=O)=Cc3oc(N4CCCC(C)C4)nc3C(F)(F)F)cn2)CC1. The van der Waals surface area contributed by atoms with Gasteiger partial charge >= 0.3 is 18.6 Å². The van der Waals surface area contributed by atoms with E-state index in [2.05, 4.69) is 15.3 Å². The van der Waals surface area contributed by atoms with Crippen LogP contribution in [-0.2, 0) is 11.0 Å². The van der Waals surface area contributed by atoms with Gasteiger partial charge in [-0.25, -0.2) is 14.6 Å². The Bertz CT molecular complexity index is 1480. The number of benzene rings is 1. The first-order chi connectivity index (χ1) is 20.5. The largest absolute Gasteiger partial charge is 0.437 e. The summed E-state index contributed by atoms with van der Waals surface area (Å²) in [6.07, 6.45) is -0.138. The molecule has 2 fully saturated rings. The van der Waals surface area contributed by atoms with Crippen LogP contribution in [0.1, 0.15) is 42.3 Å². The van der Waals surface area contributed by atoms with Crippen molar-refractivity contribution in [3.8, 4) is 0 Å². The standard InChI is InChI=1S/C30H34F3N7O3/c1-20-6-5-11-39(17-20)29-36-27(30(31,32)33)24(43-29)18-40(19-41)23-9-10-25(34-16-23)37-12-14-38(15-13-37)28(42)35-26-21(2)7-4-8-22(26)3/h4,7-10,16,18-20H,5-6,11-15,17H2,1-3H3/p+1. The van der Waals surface area contributed by atoms with Gasteiger partial charge in [-0.15, -0.1) is 4.58 Å². The molecule has 10 nitrogen and oxygen atoms in total. The number of aryl methyl sites for hydroxylation is 2. The maximum atomic E-state index is 13.8. The molecule has 3 aromatic rings. The second-order valence-corrected chi connectivity index (χ2v) is 11.1. The second kappa shape index (κ2) is 12.4. The molecule has 2 aliphatic heterocycles. The maximum Gasteiger partial charge on any atom is 0.437 e. The minimum atomic E-state index is -4.76. The fourth-order valence-electron chi connectivity index (χ4n) is 5.46. The zero-order chi connectivity index (χ0) is 30.7. The van der Waals surface area contributed by atoms with Crippen LogP contribution in [0.25, 0.3) is 0 Å². The van der Waals surface area contributed by atoms with Crippen LogP contribution in [0.5, 0.6) is 0 Å². The van der Waals surface area contributed by atoms with E-state index in [1.165, 1.54) is 6.20 Å². The van der Waals surface area contributed by atoms with Crippen LogP contribution in [0.4, 0.5) is 41.2 Å². The average molecular weight is 599 g/mol. The highest BCUT2D eigenvalue weighted by atomic mass is 19.4. The van der Waals surface area contributed by atoms with Crippen LogP contribution in [0.3, 0.4) is 0 Å².